The molecule has 12 heavy (non-hydrogen) atoms. The van der Waals surface area contributed by atoms with Crippen LogP contribution in [0.1, 0.15) is 5.56 Å². The Balaban J connectivity index is 3.24. The number of benzene rings is 1. The van der Waals surface area contributed by atoms with E-state index in [0.29, 0.717) is 5.69 Å². The van der Waals surface area contributed by atoms with Crippen molar-refractivity contribution in [2.24, 2.45) is 5.11 Å². The molecule has 5 nitrogen and oxygen atoms in total. The van der Waals surface area contributed by atoms with Crippen LogP contribution in [0.25, 0.3) is 10.4 Å². The van der Waals surface area contributed by atoms with Crippen LogP contribution in [0.4, 0.5) is 5.69 Å². The van der Waals surface area contributed by atoms with Gasteiger partial charge in [0, 0.05) is 10.6 Å². The molecule has 58 valence electrons. The third-order valence-corrected chi connectivity index (χ3v) is 1.26. The molecule has 1 N–H and O–H groups in total. The molecule has 0 heterocycles. The van der Waals surface area contributed by atoms with Crippen LogP contribution >= 0.6 is 0 Å². The van der Waals surface area contributed by atoms with Crippen LogP contribution < -0.4 is 0 Å². The van der Waals surface area contributed by atoms with Crippen molar-refractivity contribution < 1.29 is 5.11 Å². The van der Waals surface area contributed by atoms with Gasteiger partial charge in [0.15, 0.2) is 0 Å². The van der Waals surface area contributed by atoms with E-state index in [0.717, 1.165) is 0 Å². The van der Waals surface area contributed by atoms with Crippen molar-refractivity contribution in [3.63, 3.8) is 0 Å². The van der Waals surface area contributed by atoms with E-state index in [1.54, 1.807) is 6.07 Å². The maximum Gasteiger partial charge on any atom is 0.133 e. The highest BCUT2D eigenvalue weighted by Crippen LogP contribution is 2.22. The van der Waals surface area contributed by atoms with Gasteiger partial charge in [0.2, 0.25) is 0 Å². The number of aromatic hydroxyl groups is 1. The minimum Gasteiger partial charge on any atom is -0.507 e. The molecule has 0 bridgehead atoms. The summed E-state index contributed by atoms with van der Waals surface area (Å²) in [6.45, 7) is 0. The van der Waals surface area contributed by atoms with Crippen molar-refractivity contribution in [1.29, 1.82) is 5.26 Å². The number of nitriles is 1. The molecule has 0 aliphatic carbocycles. The zero-order valence-electron chi connectivity index (χ0n) is 5.97. The van der Waals surface area contributed by atoms with E-state index in [1.165, 1.54) is 18.2 Å². The van der Waals surface area contributed by atoms with E-state index >= 15 is 0 Å². The number of azide groups is 1. The minimum absolute atomic E-state index is 0.0971. The second kappa shape index (κ2) is 3.28. The molecular formula is C7H4N4O. The van der Waals surface area contributed by atoms with Gasteiger partial charge in [-0.05, 0) is 23.7 Å². The summed E-state index contributed by atoms with van der Waals surface area (Å²) in [5.41, 5.74) is 8.47. The van der Waals surface area contributed by atoms with Gasteiger partial charge in [0.1, 0.15) is 11.8 Å². The van der Waals surface area contributed by atoms with Crippen LogP contribution in [-0.4, -0.2) is 5.11 Å². The number of nitrogens with zero attached hydrogens (tertiary/aromatic N) is 4. The van der Waals surface area contributed by atoms with Gasteiger partial charge in [-0.3, -0.25) is 0 Å². The number of phenols is 1. The van der Waals surface area contributed by atoms with E-state index in [2.05, 4.69) is 10.0 Å². The zero-order valence-corrected chi connectivity index (χ0v) is 5.97. The van der Waals surface area contributed by atoms with Crippen LogP contribution in [0.3, 0.4) is 0 Å². The average Bonchev–Trinajstić information content (AvgIpc) is 2.09. The lowest BCUT2D eigenvalue weighted by Crippen LogP contribution is -1.74. The predicted octanol–water partition coefficient (Wildman–Crippen LogP) is 2.21. The first-order chi connectivity index (χ1) is 5.77. The third-order valence-electron chi connectivity index (χ3n) is 1.26. The highest BCUT2D eigenvalue weighted by atomic mass is 16.3. The molecule has 0 amide bonds. The van der Waals surface area contributed by atoms with Crippen molar-refractivity contribution in [3.8, 4) is 11.8 Å². The van der Waals surface area contributed by atoms with Gasteiger partial charge in [0.25, 0.3) is 0 Å². The molecule has 0 radical (unpaired) electrons. The molecule has 5 heteroatoms. The molecule has 0 spiro atoms. The summed E-state index contributed by atoms with van der Waals surface area (Å²) in [5.74, 6) is -0.116. The highest BCUT2D eigenvalue weighted by Gasteiger charge is 1.99. The van der Waals surface area contributed by atoms with E-state index in [9.17, 15) is 0 Å². The van der Waals surface area contributed by atoms with Gasteiger partial charge < -0.3 is 5.11 Å². The summed E-state index contributed by atoms with van der Waals surface area (Å²) in [6.07, 6.45) is 0. The van der Waals surface area contributed by atoms with Crippen molar-refractivity contribution in [2.75, 3.05) is 0 Å². The van der Waals surface area contributed by atoms with Gasteiger partial charge >= 0.3 is 0 Å². The molecule has 0 saturated carbocycles. The van der Waals surface area contributed by atoms with Gasteiger partial charge in [-0.1, -0.05) is 5.11 Å². The SMILES string of the molecule is N#Cc1cc(N=[N+]=[N-])ccc1O. The molecular weight excluding hydrogens is 156 g/mol. The Morgan fingerprint density at radius 1 is 1.58 bits per heavy atom. The molecule has 0 aliphatic heterocycles. The van der Waals surface area contributed by atoms with E-state index in [-0.39, 0.29) is 11.3 Å². The summed E-state index contributed by atoms with van der Waals surface area (Å²) < 4.78 is 0. The first-order valence-corrected chi connectivity index (χ1v) is 3.06. The van der Waals surface area contributed by atoms with Crippen LogP contribution in [0, 0.1) is 11.3 Å². The van der Waals surface area contributed by atoms with Crippen LogP contribution in [0.15, 0.2) is 23.3 Å². The Hall–Kier alpha value is -2.18. The predicted molar refractivity (Wildman–Crippen MR) is 41.6 cm³/mol. The Morgan fingerprint density at radius 3 is 2.92 bits per heavy atom. The summed E-state index contributed by atoms with van der Waals surface area (Å²) in [7, 11) is 0. The van der Waals surface area contributed by atoms with E-state index in [1.807, 2.05) is 0 Å². The molecule has 0 fully saturated rings. The summed E-state index contributed by atoms with van der Waals surface area (Å²) in [4.78, 5) is 2.54. The molecule has 1 aromatic rings. The molecule has 0 aromatic heterocycles. The van der Waals surface area contributed by atoms with Crippen molar-refractivity contribution in [1.82, 2.24) is 0 Å². The van der Waals surface area contributed by atoms with Crippen molar-refractivity contribution >= 4 is 5.69 Å². The molecule has 0 atom stereocenters. The molecule has 0 saturated heterocycles. The van der Waals surface area contributed by atoms with Gasteiger partial charge in [-0.25, -0.2) is 0 Å². The minimum atomic E-state index is -0.116. The van der Waals surface area contributed by atoms with Crippen molar-refractivity contribution in [3.05, 3.63) is 34.2 Å². The Kier molecular flexibility index (Phi) is 2.17. The summed E-state index contributed by atoms with van der Waals surface area (Å²) in [6, 6.07) is 5.81. The topological polar surface area (TPSA) is 92.8 Å². The number of hydrogen-bond donors (Lipinski definition) is 1. The maximum atomic E-state index is 9.05. The number of rotatable bonds is 1. The first-order valence-electron chi connectivity index (χ1n) is 3.06. The largest absolute Gasteiger partial charge is 0.507 e. The molecule has 0 unspecified atom stereocenters. The van der Waals surface area contributed by atoms with E-state index in [4.69, 9.17) is 15.9 Å². The zero-order chi connectivity index (χ0) is 8.97. The molecule has 0 aliphatic rings. The average molecular weight is 160 g/mol. The van der Waals surface area contributed by atoms with Crippen LogP contribution in [0.5, 0.6) is 5.75 Å². The molecule has 1 rings (SSSR count). The van der Waals surface area contributed by atoms with Crippen LogP contribution in [-0.2, 0) is 0 Å². The van der Waals surface area contributed by atoms with Crippen molar-refractivity contribution in [2.45, 2.75) is 0 Å². The lowest BCUT2D eigenvalue weighted by molar-refractivity contribution is 0.473. The Morgan fingerprint density at radius 2 is 2.33 bits per heavy atom. The summed E-state index contributed by atoms with van der Waals surface area (Å²) >= 11 is 0. The fourth-order valence-corrected chi connectivity index (χ4v) is 0.727. The second-order valence-electron chi connectivity index (χ2n) is 2.00. The molecule has 1 aromatic carbocycles. The fraction of sp³-hybridized carbons (Fsp3) is 0. The van der Waals surface area contributed by atoms with E-state index < -0.39 is 0 Å². The lowest BCUT2D eigenvalue weighted by Gasteiger charge is -1.95. The van der Waals surface area contributed by atoms with Gasteiger partial charge in [-0.2, -0.15) is 5.26 Å². The quantitative estimate of drug-likeness (QED) is 0.387. The highest BCUT2D eigenvalue weighted by molar-refractivity contribution is 5.51. The van der Waals surface area contributed by atoms with Crippen LogP contribution in [0.2, 0.25) is 0 Å². The lowest BCUT2D eigenvalue weighted by atomic mass is 10.2. The Labute approximate surface area is 68.1 Å². The van der Waals surface area contributed by atoms with Gasteiger partial charge in [-0.15, -0.1) is 0 Å². The fourth-order valence-electron chi connectivity index (χ4n) is 0.727. The number of phenolic OH excluding ortho intramolecular Hbond substituents is 1. The smallest absolute Gasteiger partial charge is 0.133 e. The summed E-state index contributed by atoms with van der Waals surface area (Å²) in [5, 5.41) is 20.8. The maximum absolute atomic E-state index is 9.05. The third kappa shape index (κ3) is 1.45. The standard InChI is InChI=1S/C7H4N4O/c8-4-5-3-6(10-11-9)1-2-7(5)12/h1-3,12H. The number of hydrogen-bond acceptors (Lipinski definition) is 3. The second-order valence-corrected chi connectivity index (χ2v) is 2.00. The monoisotopic (exact) mass is 160 g/mol. The normalized spacial score (nSPS) is 8.25. The van der Waals surface area contributed by atoms with Gasteiger partial charge in [0.05, 0.1) is 5.56 Å². The first kappa shape index (κ1) is 7.92. The Bertz CT molecular complexity index is 387.